The molecule has 208 valence electrons. The summed E-state index contributed by atoms with van der Waals surface area (Å²) in [6, 6.07) is 1.35. The minimum Gasteiger partial charge on any atom is -0.508 e. The summed E-state index contributed by atoms with van der Waals surface area (Å²) in [6.07, 6.45) is 2.18. The predicted octanol–water partition coefficient (Wildman–Crippen LogP) is -0.806. The number of hydrogen-bond donors (Lipinski definition) is 8. The second-order valence-electron chi connectivity index (χ2n) is 9.26. The Hall–Kier alpha value is -3.97. The molecule has 0 radical (unpaired) electrons. The maximum atomic E-state index is 13.3. The number of carbonyl (C=O) groups is 4. The van der Waals surface area contributed by atoms with Crippen LogP contribution in [0, 0.1) is 5.92 Å². The molecule has 0 fully saturated rings. The summed E-state index contributed by atoms with van der Waals surface area (Å²) in [6.45, 7) is 4.73. The van der Waals surface area contributed by atoms with E-state index in [4.69, 9.17) is 5.73 Å². The largest absolute Gasteiger partial charge is 0.508 e. The lowest BCUT2D eigenvalue weighted by Gasteiger charge is -2.28. The fourth-order valence-electron chi connectivity index (χ4n) is 3.67. The van der Waals surface area contributed by atoms with E-state index < -0.39 is 59.9 Å². The lowest BCUT2D eigenvalue weighted by atomic mass is 9.96. The zero-order chi connectivity index (χ0) is 28.4. The fourth-order valence-corrected chi connectivity index (χ4v) is 3.67. The number of benzene rings is 1. The second kappa shape index (κ2) is 14.1. The van der Waals surface area contributed by atoms with Crippen LogP contribution >= 0.6 is 0 Å². The molecule has 13 heteroatoms. The summed E-state index contributed by atoms with van der Waals surface area (Å²) < 4.78 is 0. The number of nitrogens with one attached hydrogen (secondary N) is 4. The molecule has 0 bridgehead atoms. The first kappa shape index (κ1) is 30.3. The molecule has 0 saturated heterocycles. The standard InChI is InChI=1S/C25H36N6O7/c1-4-13(2)20(24(36)31-21(14(3)32)25(37)38)30-23(35)19(10-16-11-27-12-28-16)29-22(34)18(26)9-15-5-7-17(33)8-6-15/h5-8,11-14,18-21,32-33H,4,9-10,26H2,1-3H3,(H,27,28)(H,29,34)(H,30,35)(H,31,36)(H,37,38). The number of phenols is 1. The molecule has 0 spiro atoms. The lowest BCUT2D eigenvalue weighted by molar-refractivity contribution is -0.145. The van der Waals surface area contributed by atoms with Crippen molar-refractivity contribution >= 4 is 23.7 Å². The van der Waals surface area contributed by atoms with Crippen molar-refractivity contribution in [2.45, 2.75) is 70.3 Å². The van der Waals surface area contributed by atoms with Gasteiger partial charge in [0.25, 0.3) is 0 Å². The van der Waals surface area contributed by atoms with Crippen LogP contribution in [0.1, 0.15) is 38.4 Å². The highest BCUT2D eigenvalue weighted by atomic mass is 16.4. The molecule has 2 aromatic rings. The average molecular weight is 533 g/mol. The molecular formula is C25H36N6O7. The molecule has 0 aliphatic rings. The SMILES string of the molecule is CCC(C)C(NC(=O)C(Cc1cnc[nH]1)NC(=O)C(N)Cc1ccc(O)cc1)C(=O)NC(C(=O)O)C(C)O. The first-order valence-electron chi connectivity index (χ1n) is 12.3. The number of aliphatic carboxylic acids is 1. The van der Waals surface area contributed by atoms with Gasteiger partial charge in [-0.2, -0.15) is 0 Å². The van der Waals surface area contributed by atoms with Crippen molar-refractivity contribution < 1.29 is 34.5 Å². The molecule has 0 aliphatic carbocycles. The van der Waals surface area contributed by atoms with Crippen molar-refractivity contribution in [2.24, 2.45) is 11.7 Å². The van der Waals surface area contributed by atoms with Gasteiger partial charge in [-0.3, -0.25) is 14.4 Å². The number of nitrogens with two attached hydrogens (primary N) is 1. The van der Waals surface area contributed by atoms with Gasteiger partial charge in [0.2, 0.25) is 17.7 Å². The highest BCUT2D eigenvalue weighted by Crippen LogP contribution is 2.12. The number of aliphatic hydroxyl groups excluding tert-OH is 1. The summed E-state index contributed by atoms with van der Waals surface area (Å²) in [4.78, 5) is 57.4. The number of amides is 3. The van der Waals surface area contributed by atoms with Gasteiger partial charge in [0.1, 0.15) is 17.8 Å². The molecule has 6 unspecified atom stereocenters. The van der Waals surface area contributed by atoms with Crippen molar-refractivity contribution in [1.82, 2.24) is 25.9 Å². The van der Waals surface area contributed by atoms with Gasteiger partial charge in [0.15, 0.2) is 6.04 Å². The molecule has 1 aromatic heterocycles. The number of imidazole rings is 1. The molecule has 0 saturated carbocycles. The quantitative estimate of drug-likeness (QED) is 0.152. The van der Waals surface area contributed by atoms with Gasteiger partial charge in [-0.15, -0.1) is 0 Å². The molecule has 13 nitrogen and oxygen atoms in total. The van der Waals surface area contributed by atoms with Crippen molar-refractivity contribution in [3.8, 4) is 5.75 Å². The van der Waals surface area contributed by atoms with E-state index in [0.717, 1.165) is 0 Å². The van der Waals surface area contributed by atoms with Crippen LogP contribution in [0.15, 0.2) is 36.8 Å². The molecule has 9 N–H and O–H groups in total. The number of aromatic hydroxyl groups is 1. The van der Waals surface area contributed by atoms with Gasteiger partial charge < -0.3 is 42.0 Å². The van der Waals surface area contributed by atoms with Crippen molar-refractivity contribution in [3.05, 3.63) is 48.0 Å². The summed E-state index contributed by atoms with van der Waals surface area (Å²) in [5.41, 5.74) is 7.32. The monoisotopic (exact) mass is 532 g/mol. The Morgan fingerprint density at radius 2 is 1.61 bits per heavy atom. The molecule has 38 heavy (non-hydrogen) atoms. The topological polar surface area (TPSA) is 220 Å². The van der Waals surface area contributed by atoms with Gasteiger partial charge in [0, 0.05) is 18.3 Å². The van der Waals surface area contributed by atoms with Crippen LogP contribution in [-0.2, 0) is 32.0 Å². The van der Waals surface area contributed by atoms with E-state index in [1.54, 1.807) is 26.0 Å². The second-order valence-corrected chi connectivity index (χ2v) is 9.26. The number of carbonyl (C=O) groups excluding carboxylic acids is 3. The highest BCUT2D eigenvalue weighted by Gasteiger charge is 2.34. The van der Waals surface area contributed by atoms with E-state index in [0.29, 0.717) is 17.7 Å². The van der Waals surface area contributed by atoms with E-state index in [-0.39, 0.29) is 18.6 Å². The minimum atomic E-state index is -1.57. The Balaban J connectivity index is 2.19. The molecule has 2 rings (SSSR count). The van der Waals surface area contributed by atoms with Crippen molar-refractivity contribution in [1.29, 1.82) is 0 Å². The summed E-state index contributed by atoms with van der Waals surface area (Å²) in [5, 5.41) is 36.0. The zero-order valence-electron chi connectivity index (χ0n) is 21.5. The zero-order valence-corrected chi connectivity index (χ0v) is 21.5. The van der Waals surface area contributed by atoms with Gasteiger partial charge in [0.05, 0.1) is 18.5 Å². The molecular weight excluding hydrogens is 496 g/mol. The third-order valence-corrected chi connectivity index (χ3v) is 6.18. The summed E-state index contributed by atoms with van der Waals surface area (Å²) >= 11 is 0. The van der Waals surface area contributed by atoms with E-state index in [9.17, 15) is 34.5 Å². The highest BCUT2D eigenvalue weighted by molar-refractivity contribution is 5.94. The third-order valence-electron chi connectivity index (χ3n) is 6.18. The number of aromatic amines is 1. The number of aromatic nitrogens is 2. The Morgan fingerprint density at radius 3 is 2.13 bits per heavy atom. The number of carboxylic acid groups (broad SMARTS) is 1. The van der Waals surface area contributed by atoms with Crippen molar-refractivity contribution in [3.63, 3.8) is 0 Å². The van der Waals surface area contributed by atoms with Crippen LogP contribution in [0.25, 0.3) is 0 Å². The third kappa shape index (κ3) is 8.85. The number of phenolic OH excluding ortho intramolecular Hbond substituents is 1. The average Bonchev–Trinajstić information content (AvgIpc) is 3.38. The minimum absolute atomic E-state index is 0.0176. The molecule has 6 atom stereocenters. The number of H-pyrrole nitrogens is 1. The summed E-state index contributed by atoms with van der Waals surface area (Å²) in [5.74, 6) is -3.82. The van der Waals surface area contributed by atoms with E-state index in [2.05, 4.69) is 25.9 Å². The Bertz CT molecular complexity index is 1070. The lowest BCUT2D eigenvalue weighted by Crippen LogP contribution is -2.60. The number of carboxylic acids is 1. The Morgan fingerprint density at radius 1 is 0.974 bits per heavy atom. The van der Waals surface area contributed by atoms with Gasteiger partial charge in [-0.25, -0.2) is 9.78 Å². The first-order chi connectivity index (χ1) is 17.9. The fraction of sp³-hybridized carbons (Fsp3) is 0.480. The summed E-state index contributed by atoms with van der Waals surface area (Å²) in [7, 11) is 0. The Kier molecular flexibility index (Phi) is 11.2. The molecule has 3 amide bonds. The Labute approximate surface area is 220 Å². The van der Waals surface area contributed by atoms with Crippen LogP contribution in [0.3, 0.4) is 0 Å². The van der Waals surface area contributed by atoms with Crippen molar-refractivity contribution in [2.75, 3.05) is 0 Å². The van der Waals surface area contributed by atoms with Crippen LogP contribution in [0.5, 0.6) is 5.75 Å². The normalized spacial score (nSPS) is 15.8. The van der Waals surface area contributed by atoms with E-state index in [1.165, 1.54) is 31.6 Å². The number of hydrogen-bond acceptors (Lipinski definition) is 8. The number of nitrogens with zero attached hydrogens (tertiary/aromatic N) is 1. The first-order valence-corrected chi connectivity index (χ1v) is 12.3. The smallest absolute Gasteiger partial charge is 0.328 e. The van der Waals surface area contributed by atoms with Crippen LogP contribution in [0.2, 0.25) is 0 Å². The maximum Gasteiger partial charge on any atom is 0.328 e. The molecule has 1 heterocycles. The number of aliphatic hydroxyl groups is 1. The maximum absolute atomic E-state index is 13.3. The van der Waals surface area contributed by atoms with Gasteiger partial charge in [-0.05, 0) is 37.0 Å². The van der Waals surface area contributed by atoms with E-state index in [1.807, 2.05) is 0 Å². The van der Waals surface area contributed by atoms with Crippen LogP contribution in [-0.4, -0.2) is 79.2 Å². The molecule has 0 aliphatic heterocycles. The predicted molar refractivity (Wildman–Crippen MR) is 137 cm³/mol. The van der Waals surface area contributed by atoms with E-state index >= 15 is 0 Å². The van der Waals surface area contributed by atoms with Gasteiger partial charge >= 0.3 is 5.97 Å². The van der Waals surface area contributed by atoms with Gasteiger partial charge in [-0.1, -0.05) is 32.4 Å². The van der Waals surface area contributed by atoms with Crippen LogP contribution < -0.4 is 21.7 Å². The molecule has 1 aromatic carbocycles. The van der Waals surface area contributed by atoms with Crippen LogP contribution in [0.4, 0.5) is 0 Å². The number of rotatable bonds is 14.